The van der Waals surface area contributed by atoms with Crippen molar-refractivity contribution < 1.29 is 16.8 Å². The number of sulfonamides is 2. The van der Waals surface area contributed by atoms with Gasteiger partial charge < -0.3 is 0 Å². The molecule has 0 aliphatic carbocycles. The number of piperazine rings is 1. The summed E-state index contributed by atoms with van der Waals surface area (Å²) in [6, 6.07) is 13.2. The molecule has 0 unspecified atom stereocenters. The molecule has 0 spiro atoms. The fourth-order valence-corrected chi connectivity index (χ4v) is 6.47. The summed E-state index contributed by atoms with van der Waals surface area (Å²) in [4.78, 5) is 2.22. The number of hydrogen-bond acceptors (Lipinski definition) is 6. The summed E-state index contributed by atoms with van der Waals surface area (Å²) >= 11 is 1.10. The van der Waals surface area contributed by atoms with Crippen LogP contribution in [0, 0.1) is 0 Å². The van der Waals surface area contributed by atoms with Crippen LogP contribution in [0.4, 0.5) is 0 Å². The molecule has 148 valence electrons. The number of nitrogens with one attached hydrogen (secondary N) is 1. The van der Waals surface area contributed by atoms with E-state index in [1.54, 1.807) is 11.4 Å². The Hall–Kier alpha value is -1.30. The molecule has 1 N–H and O–H groups in total. The lowest BCUT2D eigenvalue weighted by Gasteiger charge is -2.34. The van der Waals surface area contributed by atoms with Crippen LogP contribution in [-0.2, 0) is 26.6 Å². The monoisotopic (exact) mass is 429 g/mol. The smallest absolute Gasteiger partial charge is 0.250 e. The summed E-state index contributed by atoms with van der Waals surface area (Å²) in [6.45, 7) is 2.84. The van der Waals surface area contributed by atoms with Gasteiger partial charge in [-0.25, -0.2) is 21.6 Å². The molecule has 1 aromatic heterocycles. The molecular formula is C17H23N3O4S3. The largest absolute Gasteiger partial charge is 0.296 e. The minimum atomic E-state index is -3.64. The Morgan fingerprint density at radius 1 is 0.926 bits per heavy atom. The Kier molecular flexibility index (Phi) is 6.66. The number of nitrogens with zero attached hydrogens (tertiary/aromatic N) is 2. The van der Waals surface area contributed by atoms with Crippen molar-refractivity contribution >= 4 is 31.4 Å². The Labute approximate surface area is 164 Å². The minimum Gasteiger partial charge on any atom is -0.296 e. The van der Waals surface area contributed by atoms with Gasteiger partial charge in [0.1, 0.15) is 4.21 Å². The van der Waals surface area contributed by atoms with Gasteiger partial charge in [-0.1, -0.05) is 36.4 Å². The average molecular weight is 430 g/mol. The maximum Gasteiger partial charge on any atom is 0.250 e. The Morgan fingerprint density at radius 3 is 2.26 bits per heavy atom. The third-order valence-corrected chi connectivity index (χ3v) is 9.12. The second-order valence-electron chi connectivity index (χ2n) is 6.31. The Morgan fingerprint density at radius 2 is 1.63 bits per heavy atom. The first-order valence-corrected chi connectivity index (χ1v) is 12.6. The molecule has 1 saturated heterocycles. The quantitative estimate of drug-likeness (QED) is 0.681. The zero-order valence-corrected chi connectivity index (χ0v) is 17.3. The van der Waals surface area contributed by atoms with Crippen LogP contribution in [0.2, 0.25) is 0 Å². The third-order valence-electron chi connectivity index (χ3n) is 4.39. The van der Waals surface area contributed by atoms with E-state index in [-0.39, 0.29) is 16.5 Å². The summed E-state index contributed by atoms with van der Waals surface area (Å²) < 4.78 is 53.1. The van der Waals surface area contributed by atoms with Crippen LogP contribution in [-0.4, -0.2) is 64.5 Å². The van der Waals surface area contributed by atoms with Crippen LogP contribution < -0.4 is 4.72 Å². The van der Waals surface area contributed by atoms with E-state index < -0.39 is 20.0 Å². The molecule has 0 radical (unpaired) electrons. The lowest BCUT2D eigenvalue weighted by Crippen LogP contribution is -2.49. The van der Waals surface area contributed by atoms with E-state index in [4.69, 9.17) is 0 Å². The molecule has 1 fully saturated rings. The van der Waals surface area contributed by atoms with Crippen molar-refractivity contribution in [3.05, 3.63) is 53.4 Å². The molecule has 0 saturated carbocycles. The molecule has 0 atom stereocenters. The molecule has 27 heavy (non-hydrogen) atoms. The minimum absolute atomic E-state index is 0.132. The maximum absolute atomic E-state index is 12.5. The van der Waals surface area contributed by atoms with Crippen molar-refractivity contribution in [2.75, 3.05) is 38.5 Å². The van der Waals surface area contributed by atoms with Crippen LogP contribution in [0.5, 0.6) is 0 Å². The van der Waals surface area contributed by atoms with Gasteiger partial charge in [-0.15, -0.1) is 11.3 Å². The number of hydrogen-bond donors (Lipinski definition) is 1. The fraction of sp³-hybridized carbons (Fsp3) is 0.412. The highest BCUT2D eigenvalue weighted by molar-refractivity contribution is 7.91. The van der Waals surface area contributed by atoms with E-state index >= 15 is 0 Å². The van der Waals surface area contributed by atoms with Gasteiger partial charge in [-0.3, -0.25) is 4.90 Å². The lowest BCUT2D eigenvalue weighted by molar-refractivity contribution is 0.181. The lowest BCUT2D eigenvalue weighted by atomic mass is 10.2. The van der Waals surface area contributed by atoms with Crippen molar-refractivity contribution in [2.45, 2.75) is 10.8 Å². The van der Waals surface area contributed by atoms with Gasteiger partial charge >= 0.3 is 0 Å². The van der Waals surface area contributed by atoms with Gasteiger partial charge in [0.2, 0.25) is 20.0 Å². The first-order valence-electron chi connectivity index (χ1n) is 8.64. The highest BCUT2D eigenvalue weighted by atomic mass is 32.2. The van der Waals surface area contributed by atoms with E-state index in [2.05, 4.69) is 21.8 Å². The van der Waals surface area contributed by atoms with E-state index in [0.29, 0.717) is 26.2 Å². The van der Waals surface area contributed by atoms with Gasteiger partial charge in [0.25, 0.3) is 0 Å². The second kappa shape index (κ2) is 8.80. The normalized spacial score (nSPS) is 17.2. The number of rotatable bonds is 8. The van der Waals surface area contributed by atoms with Crippen molar-refractivity contribution in [1.29, 1.82) is 0 Å². The fourth-order valence-electron chi connectivity index (χ4n) is 2.93. The summed E-state index contributed by atoms with van der Waals surface area (Å²) in [5, 5.41) is 1.67. The zero-order chi connectivity index (χ0) is 19.3. The summed E-state index contributed by atoms with van der Waals surface area (Å²) in [5.74, 6) is -0.240. The third kappa shape index (κ3) is 5.59. The van der Waals surface area contributed by atoms with E-state index in [1.807, 2.05) is 18.2 Å². The molecule has 1 aromatic carbocycles. The molecule has 10 heteroatoms. The standard InChI is InChI=1S/C17H23N3O4S3/c21-26(22,14-8-18-27(23,24)17-7-4-13-25-17)20-11-9-19(10-12-20)15-16-5-2-1-3-6-16/h1-7,13,18H,8-12,14-15H2. The molecule has 7 nitrogen and oxygen atoms in total. The molecule has 2 heterocycles. The SMILES string of the molecule is O=S(=O)(NCCS(=O)(=O)N1CCN(Cc2ccccc2)CC1)c1cccs1. The Bertz CT molecular complexity index is 921. The van der Waals surface area contributed by atoms with Crippen LogP contribution >= 0.6 is 11.3 Å². The molecular weight excluding hydrogens is 406 g/mol. The van der Waals surface area contributed by atoms with Crippen molar-refractivity contribution in [3.63, 3.8) is 0 Å². The van der Waals surface area contributed by atoms with Gasteiger partial charge in [-0.05, 0) is 17.0 Å². The van der Waals surface area contributed by atoms with Crippen LogP contribution in [0.3, 0.4) is 0 Å². The zero-order valence-electron chi connectivity index (χ0n) is 14.8. The molecule has 2 aromatic rings. The van der Waals surface area contributed by atoms with E-state index in [9.17, 15) is 16.8 Å². The summed E-state index contributed by atoms with van der Waals surface area (Å²) in [7, 11) is -7.12. The van der Waals surface area contributed by atoms with Crippen LogP contribution in [0.1, 0.15) is 5.56 Å². The number of thiophene rings is 1. The predicted molar refractivity (Wildman–Crippen MR) is 107 cm³/mol. The topological polar surface area (TPSA) is 86.8 Å². The highest BCUT2D eigenvalue weighted by Gasteiger charge is 2.27. The summed E-state index contributed by atoms with van der Waals surface area (Å²) in [5.41, 5.74) is 1.21. The molecule has 1 aliphatic rings. The van der Waals surface area contributed by atoms with Crippen LogP contribution in [0.25, 0.3) is 0 Å². The van der Waals surface area contributed by atoms with Gasteiger partial charge in [0, 0.05) is 39.3 Å². The van der Waals surface area contributed by atoms with E-state index in [1.165, 1.54) is 15.9 Å². The van der Waals surface area contributed by atoms with Gasteiger partial charge in [0.15, 0.2) is 0 Å². The van der Waals surface area contributed by atoms with Crippen LogP contribution in [0.15, 0.2) is 52.1 Å². The summed E-state index contributed by atoms with van der Waals surface area (Å²) in [6.07, 6.45) is 0. The predicted octanol–water partition coefficient (Wildman–Crippen LogP) is 1.17. The molecule has 1 aliphatic heterocycles. The first kappa shape index (κ1) is 20.4. The van der Waals surface area contributed by atoms with Gasteiger partial charge in [-0.2, -0.15) is 4.31 Å². The molecule has 0 bridgehead atoms. The van der Waals surface area contributed by atoms with Crippen molar-refractivity contribution in [2.24, 2.45) is 0 Å². The Balaban J connectivity index is 1.47. The first-order chi connectivity index (χ1) is 12.9. The molecule has 0 amide bonds. The average Bonchev–Trinajstić information content (AvgIpc) is 3.18. The van der Waals surface area contributed by atoms with Gasteiger partial charge in [0.05, 0.1) is 5.75 Å². The number of benzene rings is 1. The van der Waals surface area contributed by atoms with E-state index in [0.717, 1.165) is 17.9 Å². The highest BCUT2D eigenvalue weighted by Crippen LogP contribution is 2.15. The van der Waals surface area contributed by atoms with Crippen molar-refractivity contribution in [3.8, 4) is 0 Å². The molecule has 3 rings (SSSR count). The maximum atomic E-state index is 12.5. The second-order valence-corrected chi connectivity index (χ2v) is 11.3. The van der Waals surface area contributed by atoms with Crippen molar-refractivity contribution in [1.82, 2.24) is 13.9 Å².